The van der Waals surface area contributed by atoms with Crippen LogP contribution in [0.1, 0.15) is 36.4 Å². The highest BCUT2D eigenvalue weighted by atomic mass is 15.1. The van der Waals surface area contributed by atoms with Gasteiger partial charge in [-0.05, 0) is 67.7 Å². The number of fused-ring (bicyclic) bond motifs is 1. The Kier molecular flexibility index (Phi) is 6.97. The maximum Gasteiger partial charge on any atom is 0.160 e. The molecule has 1 unspecified atom stereocenters. The Bertz CT molecular complexity index is 1390. The van der Waals surface area contributed by atoms with Gasteiger partial charge in [-0.3, -0.25) is 9.56 Å². The molecule has 4 aromatic rings. The summed E-state index contributed by atoms with van der Waals surface area (Å²) in [6, 6.07) is 22.8. The summed E-state index contributed by atoms with van der Waals surface area (Å²) in [6.45, 7) is 2.53. The number of nitrogen functional groups attached to an aromatic ring is 1. The number of hydrogen-bond donors (Lipinski definition) is 3. The van der Waals surface area contributed by atoms with Gasteiger partial charge in [0, 0.05) is 18.4 Å². The summed E-state index contributed by atoms with van der Waals surface area (Å²) in [6.07, 6.45) is 6.81. The predicted octanol–water partition coefficient (Wildman–Crippen LogP) is 2.89. The van der Waals surface area contributed by atoms with E-state index in [1.165, 1.54) is 11.1 Å². The van der Waals surface area contributed by atoms with Crippen molar-refractivity contribution in [3.63, 3.8) is 0 Å². The minimum Gasteiger partial charge on any atom is -0.383 e. The Balaban J connectivity index is 1.55. The van der Waals surface area contributed by atoms with Gasteiger partial charge in [-0.15, -0.1) is 0 Å². The first kappa shape index (κ1) is 23.0. The van der Waals surface area contributed by atoms with Crippen LogP contribution in [0.2, 0.25) is 0 Å². The molecule has 3 heterocycles. The molecule has 35 heavy (non-hydrogen) atoms. The van der Waals surface area contributed by atoms with E-state index in [2.05, 4.69) is 69.5 Å². The number of hydrogen-bond acceptors (Lipinski definition) is 6. The minimum atomic E-state index is 0.0511. The third-order valence-electron chi connectivity index (χ3n) is 6.29. The van der Waals surface area contributed by atoms with Crippen LogP contribution in [0.5, 0.6) is 0 Å². The number of nitrogens with one attached hydrogen (secondary N) is 1. The minimum absolute atomic E-state index is 0.0511. The van der Waals surface area contributed by atoms with E-state index in [0.29, 0.717) is 5.82 Å². The maximum atomic E-state index is 6.27. The molecule has 1 aliphatic heterocycles. The Morgan fingerprint density at radius 1 is 0.971 bits per heavy atom. The zero-order valence-electron chi connectivity index (χ0n) is 19.8. The van der Waals surface area contributed by atoms with E-state index in [-0.39, 0.29) is 6.04 Å². The number of pyridine rings is 1. The van der Waals surface area contributed by atoms with Crippen molar-refractivity contribution in [3.05, 3.63) is 94.9 Å². The fourth-order valence-electron chi connectivity index (χ4n) is 4.42. The second kappa shape index (κ2) is 10.6. The molecular weight excluding hydrogens is 434 g/mol. The van der Waals surface area contributed by atoms with Crippen LogP contribution in [0.3, 0.4) is 0 Å². The molecule has 1 atom stereocenters. The summed E-state index contributed by atoms with van der Waals surface area (Å²) in [5, 5.41) is 4.36. The molecule has 0 saturated heterocycles. The molecule has 7 heteroatoms. The van der Waals surface area contributed by atoms with Gasteiger partial charge in [0.05, 0.1) is 11.6 Å². The molecule has 2 aromatic heterocycles. The van der Waals surface area contributed by atoms with Crippen LogP contribution in [0.25, 0.3) is 23.2 Å². The van der Waals surface area contributed by atoms with E-state index in [9.17, 15) is 0 Å². The molecule has 0 amide bonds. The van der Waals surface area contributed by atoms with Crippen molar-refractivity contribution in [1.29, 1.82) is 0 Å². The molecule has 1 aliphatic rings. The van der Waals surface area contributed by atoms with E-state index in [1.54, 1.807) is 6.20 Å². The highest BCUT2D eigenvalue weighted by molar-refractivity contribution is 5.70. The van der Waals surface area contributed by atoms with Crippen molar-refractivity contribution < 1.29 is 0 Å². The van der Waals surface area contributed by atoms with Crippen LogP contribution in [0, 0.1) is 0 Å². The Morgan fingerprint density at radius 2 is 1.80 bits per heavy atom. The summed E-state index contributed by atoms with van der Waals surface area (Å²) in [5.41, 5.74) is 16.9. The van der Waals surface area contributed by atoms with Crippen molar-refractivity contribution in [2.45, 2.75) is 31.8 Å². The number of anilines is 1. The standard InChI is InChI=1S/C28H31N7/c29-16-4-5-17-31-19-20-10-12-22(13-11-20)35-27(23-9-6-18-32-26(23)30)34-25-15-14-24(33-28(25)35)21-7-2-1-3-8-21/h1-3,6-13,15,18,24,31H,4-5,14,16-17,19,29H2,(H2,30,32). The van der Waals surface area contributed by atoms with E-state index >= 15 is 0 Å². The molecule has 0 spiro atoms. The SMILES string of the molecule is NCCCCNCc1ccc(-n2c(-c3cccnc3N)nc3c2=NC(c2ccccc2)CC=3)cc1. The number of imidazole rings is 1. The van der Waals surface area contributed by atoms with Crippen LogP contribution in [0.15, 0.2) is 77.9 Å². The number of unbranched alkanes of at least 4 members (excludes halogenated alkanes) is 1. The van der Waals surface area contributed by atoms with Gasteiger partial charge in [0.25, 0.3) is 0 Å². The van der Waals surface area contributed by atoms with Gasteiger partial charge in [0.2, 0.25) is 0 Å². The average molecular weight is 466 g/mol. The van der Waals surface area contributed by atoms with Gasteiger partial charge in [0.1, 0.15) is 11.2 Å². The highest BCUT2D eigenvalue weighted by Crippen LogP contribution is 2.26. The molecule has 5 N–H and O–H groups in total. The van der Waals surface area contributed by atoms with E-state index in [1.807, 2.05) is 18.2 Å². The van der Waals surface area contributed by atoms with Crippen LogP contribution < -0.4 is 27.6 Å². The monoisotopic (exact) mass is 465 g/mol. The first-order valence-electron chi connectivity index (χ1n) is 12.2. The van der Waals surface area contributed by atoms with Crippen LogP contribution in [-0.4, -0.2) is 27.6 Å². The lowest BCUT2D eigenvalue weighted by molar-refractivity contribution is 0.627. The van der Waals surface area contributed by atoms with Crippen LogP contribution in [0.4, 0.5) is 5.82 Å². The van der Waals surface area contributed by atoms with Gasteiger partial charge in [-0.2, -0.15) is 0 Å². The lowest BCUT2D eigenvalue weighted by Gasteiger charge is -2.15. The number of nitrogens with zero attached hydrogens (tertiary/aromatic N) is 4. The van der Waals surface area contributed by atoms with Gasteiger partial charge in [0.15, 0.2) is 11.3 Å². The van der Waals surface area contributed by atoms with Gasteiger partial charge >= 0.3 is 0 Å². The highest BCUT2D eigenvalue weighted by Gasteiger charge is 2.20. The Hall–Kier alpha value is -3.81. The summed E-state index contributed by atoms with van der Waals surface area (Å²) >= 11 is 0. The third kappa shape index (κ3) is 5.01. The molecule has 5 rings (SSSR count). The summed E-state index contributed by atoms with van der Waals surface area (Å²) in [4.78, 5) is 14.4. The van der Waals surface area contributed by atoms with Crippen molar-refractivity contribution in [3.8, 4) is 17.1 Å². The average Bonchev–Trinajstić information content (AvgIpc) is 3.28. The lowest BCUT2D eigenvalue weighted by Crippen LogP contribution is -2.33. The first-order chi connectivity index (χ1) is 17.2. The molecule has 0 aliphatic carbocycles. The molecule has 0 bridgehead atoms. The Labute approximate surface area is 205 Å². The van der Waals surface area contributed by atoms with E-state index in [0.717, 1.165) is 66.8 Å². The molecule has 7 nitrogen and oxygen atoms in total. The predicted molar refractivity (Wildman–Crippen MR) is 140 cm³/mol. The van der Waals surface area contributed by atoms with Gasteiger partial charge < -0.3 is 16.8 Å². The maximum absolute atomic E-state index is 6.27. The second-order valence-corrected chi connectivity index (χ2v) is 8.75. The number of nitrogens with two attached hydrogens (primary N) is 2. The van der Waals surface area contributed by atoms with Crippen molar-refractivity contribution in [1.82, 2.24) is 19.9 Å². The molecule has 0 radical (unpaired) electrons. The van der Waals surface area contributed by atoms with Crippen LogP contribution in [-0.2, 0) is 6.54 Å². The fourth-order valence-corrected chi connectivity index (χ4v) is 4.42. The van der Waals surface area contributed by atoms with Gasteiger partial charge in [-0.1, -0.05) is 48.5 Å². The van der Waals surface area contributed by atoms with Gasteiger partial charge in [-0.25, -0.2) is 9.97 Å². The summed E-state index contributed by atoms with van der Waals surface area (Å²) in [5.74, 6) is 1.20. The third-order valence-corrected chi connectivity index (χ3v) is 6.29. The normalized spacial score (nSPS) is 14.7. The molecule has 2 aromatic carbocycles. The quantitative estimate of drug-likeness (QED) is 0.330. The zero-order valence-corrected chi connectivity index (χ0v) is 19.8. The smallest absolute Gasteiger partial charge is 0.160 e. The van der Waals surface area contributed by atoms with Crippen LogP contribution >= 0.6 is 0 Å². The topological polar surface area (TPSA) is 107 Å². The summed E-state index contributed by atoms with van der Waals surface area (Å²) in [7, 11) is 0. The zero-order chi connectivity index (χ0) is 24.0. The molecule has 0 fully saturated rings. The van der Waals surface area contributed by atoms with E-state index in [4.69, 9.17) is 21.4 Å². The molecule has 0 saturated carbocycles. The second-order valence-electron chi connectivity index (χ2n) is 8.75. The van der Waals surface area contributed by atoms with Crippen molar-refractivity contribution in [2.75, 3.05) is 18.8 Å². The number of aromatic nitrogens is 3. The Morgan fingerprint density at radius 3 is 2.57 bits per heavy atom. The first-order valence-corrected chi connectivity index (χ1v) is 12.2. The molecule has 178 valence electrons. The molecular formula is C28H31N7. The lowest BCUT2D eigenvalue weighted by atomic mass is 10.0. The largest absolute Gasteiger partial charge is 0.383 e. The number of rotatable bonds is 9. The number of benzene rings is 2. The fraction of sp³-hybridized carbons (Fsp3) is 0.250. The van der Waals surface area contributed by atoms with E-state index < -0.39 is 0 Å². The summed E-state index contributed by atoms with van der Waals surface area (Å²) < 4.78 is 2.10. The van der Waals surface area contributed by atoms with Crippen molar-refractivity contribution >= 4 is 11.9 Å². The van der Waals surface area contributed by atoms with Crippen molar-refractivity contribution in [2.24, 2.45) is 10.7 Å².